The first-order chi connectivity index (χ1) is 8.41. The molecule has 0 aromatic heterocycles. The Hall–Kier alpha value is -0.760. The largest absolute Gasteiger partial charge is 1.00 e. The first-order valence-electron chi connectivity index (χ1n) is 4.88. The van der Waals surface area contributed by atoms with E-state index in [9.17, 15) is 19.8 Å². The second-order valence-corrected chi connectivity index (χ2v) is 3.39. The molecule has 1 rings (SSSR count). The Balaban J connectivity index is 0. The summed E-state index contributed by atoms with van der Waals surface area (Å²) in [7, 11) is 0. The van der Waals surface area contributed by atoms with Gasteiger partial charge >= 0.3 is 59.1 Å². The van der Waals surface area contributed by atoms with Crippen LogP contribution in [0.3, 0.4) is 0 Å². The van der Waals surface area contributed by atoms with Crippen molar-refractivity contribution in [1.29, 1.82) is 0 Å². The fourth-order valence-corrected chi connectivity index (χ4v) is 1.31. The van der Waals surface area contributed by atoms with Crippen LogP contribution < -0.4 is 80.8 Å². The molecular weight excluding hydrogens is 282 g/mol. The number of hydrogen-bond acceptors (Lipinski definition) is 6. The summed E-state index contributed by atoms with van der Waals surface area (Å²) in [5.74, 6) is -3.09. The van der Waals surface area contributed by atoms with E-state index in [-0.39, 0.29) is 70.4 Å². The van der Waals surface area contributed by atoms with Crippen LogP contribution in [0.25, 0.3) is 5.57 Å². The molecule has 0 radical (unpaired) electrons. The van der Waals surface area contributed by atoms with Crippen molar-refractivity contribution >= 4 is 23.2 Å². The quantitative estimate of drug-likeness (QED) is 0.245. The number of para-hydroxylation sites is 1. The van der Waals surface area contributed by atoms with E-state index in [1.807, 2.05) is 0 Å². The van der Waals surface area contributed by atoms with Crippen molar-refractivity contribution in [2.75, 3.05) is 5.73 Å². The van der Waals surface area contributed by atoms with Crippen molar-refractivity contribution in [2.45, 2.75) is 0 Å². The molecule has 0 heterocycles. The minimum absolute atomic E-state index is 0. The minimum Gasteiger partial charge on any atom is -0.545 e. The summed E-state index contributed by atoms with van der Waals surface area (Å²) >= 11 is 0. The molecule has 0 aliphatic heterocycles. The van der Waals surface area contributed by atoms with Gasteiger partial charge in [0.05, 0.1) is 17.6 Å². The molecule has 0 saturated carbocycles. The van der Waals surface area contributed by atoms with Gasteiger partial charge in [-0.05, 0) is 23.8 Å². The zero-order chi connectivity index (χ0) is 13.7. The van der Waals surface area contributed by atoms with Gasteiger partial charge in [-0.3, -0.25) is 0 Å². The Morgan fingerprint density at radius 2 is 1.60 bits per heavy atom. The Kier molecular flexibility index (Phi) is 10.8. The van der Waals surface area contributed by atoms with Crippen LogP contribution in [0.15, 0.2) is 42.1 Å². The fourth-order valence-electron chi connectivity index (χ4n) is 1.31. The molecule has 0 saturated heterocycles. The number of allylic oxidation sites excluding steroid dienone is 2. The standard InChI is InChI=1S/C12H12N2O4.2Na/c13-9-4-2-1-3-8(9)7(6-11(15)16)5-10(14)12(17)18;;/h1-6H,13-14H2,(H,15,16)(H,17,18);;/q;2*+1/p-2/b7-6-,10-5-;;. The van der Waals surface area contributed by atoms with Crippen molar-refractivity contribution < 1.29 is 78.9 Å². The molecule has 0 fully saturated rings. The van der Waals surface area contributed by atoms with Gasteiger partial charge in [-0.25, -0.2) is 0 Å². The molecule has 8 heteroatoms. The summed E-state index contributed by atoms with van der Waals surface area (Å²) in [4.78, 5) is 21.1. The van der Waals surface area contributed by atoms with Gasteiger partial charge in [0.15, 0.2) is 0 Å². The third kappa shape index (κ3) is 6.60. The zero-order valence-corrected chi connectivity index (χ0v) is 15.3. The third-order valence-corrected chi connectivity index (χ3v) is 2.09. The Bertz CT molecular complexity index is 556. The summed E-state index contributed by atoms with van der Waals surface area (Å²) in [5.41, 5.74) is 10.9. The van der Waals surface area contributed by atoms with E-state index in [1.54, 1.807) is 18.2 Å². The second-order valence-electron chi connectivity index (χ2n) is 3.39. The predicted molar refractivity (Wildman–Crippen MR) is 61.1 cm³/mol. The number of nitrogen functional groups attached to an aromatic ring is 1. The number of hydrogen-bond donors (Lipinski definition) is 2. The van der Waals surface area contributed by atoms with Crippen LogP contribution in [0.4, 0.5) is 5.69 Å². The Labute approximate surface area is 160 Å². The van der Waals surface area contributed by atoms with E-state index in [1.165, 1.54) is 6.07 Å². The Morgan fingerprint density at radius 1 is 1.05 bits per heavy atom. The molecule has 0 aliphatic rings. The molecule has 4 N–H and O–H groups in total. The predicted octanol–water partition coefficient (Wildman–Crippen LogP) is -8.00. The first-order valence-corrected chi connectivity index (χ1v) is 4.88. The number of anilines is 1. The number of carboxylic acids is 2. The summed E-state index contributed by atoms with van der Waals surface area (Å²) in [6, 6.07) is 6.35. The molecule has 20 heavy (non-hydrogen) atoms. The van der Waals surface area contributed by atoms with Crippen LogP contribution in [0.2, 0.25) is 0 Å². The van der Waals surface area contributed by atoms with E-state index in [2.05, 4.69) is 0 Å². The van der Waals surface area contributed by atoms with Gasteiger partial charge < -0.3 is 31.3 Å². The third-order valence-electron chi connectivity index (χ3n) is 2.09. The molecule has 0 atom stereocenters. The maximum Gasteiger partial charge on any atom is 1.00 e. The fraction of sp³-hybridized carbons (Fsp3) is 0. The summed E-state index contributed by atoms with van der Waals surface area (Å²) in [6.45, 7) is 0. The van der Waals surface area contributed by atoms with Crippen molar-refractivity contribution in [3.8, 4) is 0 Å². The minimum atomic E-state index is -1.60. The van der Waals surface area contributed by atoms with Crippen LogP contribution in [0.5, 0.6) is 0 Å². The van der Waals surface area contributed by atoms with Crippen molar-refractivity contribution in [3.63, 3.8) is 0 Å². The summed E-state index contributed by atoms with van der Waals surface area (Å²) < 4.78 is 0. The second kappa shape index (κ2) is 10.0. The molecular formula is C12H10N2Na2O4. The molecule has 6 nitrogen and oxygen atoms in total. The van der Waals surface area contributed by atoms with Gasteiger partial charge in [-0.1, -0.05) is 18.2 Å². The number of aliphatic carboxylic acids is 2. The molecule has 0 bridgehead atoms. The topological polar surface area (TPSA) is 132 Å². The monoisotopic (exact) mass is 292 g/mol. The van der Waals surface area contributed by atoms with Crippen LogP contribution in [-0.4, -0.2) is 11.9 Å². The smallest absolute Gasteiger partial charge is 0.545 e. The maximum absolute atomic E-state index is 10.6. The van der Waals surface area contributed by atoms with Crippen molar-refractivity contribution in [1.82, 2.24) is 0 Å². The van der Waals surface area contributed by atoms with Crippen LogP contribution in [-0.2, 0) is 9.59 Å². The first kappa shape index (κ1) is 21.5. The molecule has 94 valence electrons. The van der Waals surface area contributed by atoms with Gasteiger partial charge in [-0.2, -0.15) is 0 Å². The van der Waals surface area contributed by atoms with Gasteiger partial charge in [0.2, 0.25) is 0 Å². The summed E-state index contributed by atoms with van der Waals surface area (Å²) in [6.07, 6.45) is 1.66. The van der Waals surface area contributed by atoms with Gasteiger partial charge in [0, 0.05) is 11.3 Å². The van der Waals surface area contributed by atoms with Gasteiger partial charge in [0.1, 0.15) is 0 Å². The van der Waals surface area contributed by atoms with Crippen molar-refractivity contribution in [3.05, 3.63) is 47.7 Å². The molecule has 0 spiro atoms. The number of benzene rings is 1. The van der Waals surface area contributed by atoms with E-state index in [0.717, 1.165) is 6.08 Å². The number of rotatable bonds is 4. The molecule has 0 aliphatic carbocycles. The van der Waals surface area contributed by atoms with E-state index in [0.29, 0.717) is 11.6 Å². The summed E-state index contributed by atoms with van der Waals surface area (Å²) in [5, 5.41) is 21.1. The zero-order valence-electron chi connectivity index (χ0n) is 11.3. The van der Waals surface area contributed by atoms with E-state index >= 15 is 0 Å². The normalized spacial score (nSPS) is 11.0. The number of carbonyl (C=O) groups is 2. The van der Waals surface area contributed by atoms with E-state index < -0.39 is 17.6 Å². The van der Waals surface area contributed by atoms with E-state index in [4.69, 9.17) is 11.5 Å². The van der Waals surface area contributed by atoms with Gasteiger partial charge in [-0.15, -0.1) is 0 Å². The van der Waals surface area contributed by atoms with Crippen LogP contribution in [0.1, 0.15) is 5.56 Å². The van der Waals surface area contributed by atoms with Crippen molar-refractivity contribution in [2.24, 2.45) is 5.73 Å². The number of nitrogens with two attached hydrogens (primary N) is 2. The van der Waals surface area contributed by atoms with Crippen LogP contribution >= 0.6 is 0 Å². The van der Waals surface area contributed by atoms with Gasteiger partial charge in [0.25, 0.3) is 0 Å². The number of carbonyl (C=O) groups excluding carboxylic acids is 2. The average molecular weight is 292 g/mol. The SMILES string of the molecule is N/C(=C\C(=C\C(=O)[O-])c1ccccc1N)C(=O)[O-].[Na+].[Na+]. The molecule has 0 unspecified atom stereocenters. The number of carboxylic acid groups (broad SMARTS) is 2. The Morgan fingerprint density at radius 3 is 2.05 bits per heavy atom. The van der Waals surface area contributed by atoms with Crippen LogP contribution in [0, 0.1) is 0 Å². The molecule has 0 amide bonds. The maximum atomic E-state index is 10.6. The molecule has 1 aromatic carbocycles. The average Bonchev–Trinajstić information content (AvgIpc) is 2.28. The molecule has 1 aromatic rings.